The molecule has 282 valence electrons. The van der Waals surface area contributed by atoms with Crippen molar-refractivity contribution in [3.05, 3.63) is 89.6 Å². The SMILES string of the molecule is CC(C)(C)OC(=O)N1CCO[C@@H](COc2nc3c(c(N4CCN(C(=O)OCc5ccccc5)[C@@H](CC#N)C4)n2)CCN(c2cccc4ccccc24)C3)C1. The molecular weight excluding hydrogens is 686 g/mol. The van der Waals surface area contributed by atoms with E-state index in [1.54, 1.807) is 9.80 Å². The Kier molecular flexibility index (Phi) is 11.0. The lowest BCUT2D eigenvalue weighted by Gasteiger charge is -2.42. The Balaban J connectivity index is 1.12. The number of hydrogen-bond acceptors (Lipinski definition) is 11. The second-order valence-electron chi connectivity index (χ2n) is 14.9. The maximum Gasteiger partial charge on any atom is 0.410 e. The van der Waals surface area contributed by atoms with Crippen LogP contribution < -0.4 is 14.5 Å². The first kappa shape index (κ1) is 36.7. The quantitative estimate of drug-likeness (QED) is 0.213. The van der Waals surface area contributed by atoms with E-state index in [-0.39, 0.29) is 31.7 Å². The number of fused-ring (bicyclic) bond motifs is 2. The summed E-state index contributed by atoms with van der Waals surface area (Å²) in [5, 5.41) is 12.1. The van der Waals surface area contributed by atoms with Crippen molar-refractivity contribution in [2.24, 2.45) is 0 Å². The van der Waals surface area contributed by atoms with Crippen LogP contribution in [-0.4, -0.2) is 102 Å². The number of benzene rings is 3. The molecule has 0 aliphatic carbocycles. The highest BCUT2D eigenvalue weighted by atomic mass is 16.6. The van der Waals surface area contributed by atoms with E-state index in [9.17, 15) is 14.9 Å². The second-order valence-corrected chi connectivity index (χ2v) is 14.9. The van der Waals surface area contributed by atoms with E-state index in [4.69, 9.17) is 28.9 Å². The molecule has 13 nitrogen and oxygen atoms in total. The van der Waals surface area contributed by atoms with Gasteiger partial charge < -0.3 is 38.5 Å². The Morgan fingerprint density at radius 1 is 0.907 bits per heavy atom. The summed E-state index contributed by atoms with van der Waals surface area (Å²) in [5.74, 6) is 0.743. The fourth-order valence-corrected chi connectivity index (χ4v) is 7.25. The van der Waals surface area contributed by atoms with Crippen molar-refractivity contribution in [3.63, 3.8) is 0 Å². The third-order valence-corrected chi connectivity index (χ3v) is 9.87. The minimum absolute atomic E-state index is 0.142. The van der Waals surface area contributed by atoms with E-state index in [1.165, 1.54) is 10.8 Å². The number of carbonyl (C=O) groups is 2. The number of anilines is 2. The largest absolute Gasteiger partial charge is 0.461 e. The Bertz CT molecular complexity index is 1990. The summed E-state index contributed by atoms with van der Waals surface area (Å²) >= 11 is 0. The molecule has 0 bridgehead atoms. The Morgan fingerprint density at radius 3 is 2.52 bits per heavy atom. The van der Waals surface area contributed by atoms with Crippen LogP contribution in [0.1, 0.15) is 44.0 Å². The fourth-order valence-electron chi connectivity index (χ4n) is 7.25. The monoisotopic (exact) mass is 733 g/mol. The molecule has 4 aromatic rings. The number of morpholine rings is 1. The molecule has 0 unspecified atom stereocenters. The van der Waals surface area contributed by atoms with Gasteiger partial charge in [0, 0.05) is 49.4 Å². The van der Waals surface area contributed by atoms with Crippen LogP contribution in [0.4, 0.5) is 21.1 Å². The van der Waals surface area contributed by atoms with Gasteiger partial charge in [0.1, 0.15) is 30.7 Å². The normalized spacial score (nSPS) is 18.9. The first-order valence-corrected chi connectivity index (χ1v) is 18.6. The zero-order valence-electron chi connectivity index (χ0n) is 31.1. The summed E-state index contributed by atoms with van der Waals surface area (Å²) in [6, 6.07) is 26.4. The summed E-state index contributed by atoms with van der Waals surface area (Å²) in [4.78, 5) is 43.8. The first-order valence-electron chi connectivity index (χ1n) is 18.6. The number of piperazine rings is 1. The smallest absolute Gasteiger partial charge is 0.410 e. The van der Waals surface area contributed by atoms with Gasteiger partial charge >= 0.3 is 18.2 Å². The van der Waals surface area contributed by atoms with E-state index in [1.807, 2.05) is 57.2 Å². The summed E-state index contributed by atoms with van der Waals surface area (Å²) in [7, 11) is 0. The summed E-state index contributed by atoms with van der Waals surface area (Å²) in [6.45, 7) is 9.54. The van der Waals surface area contributed by atoms with Crippen molar-refractivity contribution >= 4 is 34.5 Å². The Labute approximate surface area is 316 Å². The molecule has 0 spiro atoms. The predicted molar refractivity (Wildman–Crippen MR) is 203 cm³/mol. The second kappa shape index (κ2) is 16.2. The van der Waals surface area contributed by atoms with E-state index in [0.717, 1.165) is 34.9 Å². The zero-order valence-corrected chi connectivity index (χ0v) is 31.1. The van der Waals surface area contributed by atoms with Crippen molar-refractivity contribution in [3.8, 4) is 12.1 Å². The zero-order chi connectivity index (χ0) is 37.7. The van der Waals surface area contributed by atoms with Gasteiger partial charge in [0.2, 0.25) is 0 Å². The summed E-state index contributed by atoms with van der Waals surface area (Å²) in [5.41, 5.74) is 3.32. The maximum atomic E-state index is 13.3. The number of rotatable bonds is 8. The molecule has 2 fully saturated rings. The first-order chi connectivity index (χ1) is 26.1. The highest BCUT2D eigenvalue weighted by Crippen LogP contribution is 2.35. The molecule has 4 heterocycles. The number of aromatic nitrogens is 2. The van der Waals surface area contributed by atoms with E-state index in [2.05, 4.69) is 52.3 Å². The van der Waals surface area contributed by atoms with Crippen LogP contribution in [0.15, 0.2) is 72.8 Å². The van der Waals surface area contributed by atoms with Gasteiger partial charge in [0.25, 0.3) is 0 Å². The standard InChI is InChI=1S/C41H47N7O6/c1-41(2,3)54-39(49)47-22-23-51-32(25-47)28-52-38-43-35-26-45(36-15-9-13-30-12-7-8-14-33(30)36)19-17-34(35)37(44-38)46-20-21-48(31(24-46)16-18-42)40(50)53-27-29-10-5-4-6-11-29/h4-15,31-32H,16-17,19-28H2,1-3H3/t31-,32+/m0/s1. The molecule has 2 atom stereocenters. The van der Waals surface area contributed by atoms with Crippen LogP contribution >= 0.6 is 0 Å². The Morgan fingerprint density at radius 2 is 1.70 bits per heavy atom. The van der Waals surface area contributed by atoms with Gasteiger partial charge in [-0.3, -0.25) is 0 Å². The fraction of sp³-hybridized carbons (Fsp3) is 0.439. The minimum atomic E-state index is -0.602. The average molecular weight is 734 g/mol. The van der Waals surface area contributed by atoms with Gasteiger partial charge in [-0.25, -0.2) is 9.59 Å². The Hall–Kier alpha value is -5.61. The number of carbonyl (C=O) groups excluding carboxylic acids is 2. The van der Waals surface area contributed by atoms with Crippen LogP contribution in [0.25, 0.3) is 10.8 Å². The van der Waals surface area contributed by atoms with Gasteiger partial charge in [-0.1, -0.05) is 66.7 Å². The molecular formula is C41H47N7O6. The number of nitrogens with zero attached hydrogens (tertiary/aromatic N) is 7. The summed E-state index contributed by atoms with van der Waals surface area (Å²) < 4.78 is 23.5. The number of nitriles is 1. The molecule has 0 N–H and O–H groups in total. The van der Waals surface area contributed by atoms with Gasteiger partial charge in [0.15, 0.2) is 0 Å². The summed E-state index contributed by atoms with van der Waals surface area (Å²) in [6.07, 6.45) is -0.368. The maximum absolute atomic E-state index is 13.3. The van der Waals surface area contributed by atoms with E-state index >= 15 is 0 Å². The molecule has 3 aliphatic rings. The molecule has 0 saturated carbocycles. The van der Waals surface area contributed by atoms with Gasteiger partial charge in [0.05, 0.1) is 43.9 Å². The van der Waals surface area contributed by atoms with Crippen LogP contribution in [0.2, 0.25) is 0 Å². The van der Waals surface area contributed by atoms with Crippen molar-refractivity contribution in [1.82, 2.24) is 19.8 Å². The molecule has 2 amide bonds. The van der Waals surface area contributed by atoms with Crippen molar-refractivity contribution in [2.45, 2.75) is 64.5 Å². The van der Waals surface area contributed by atoms with Crippen molar-refractivity contribution in [2.75, 3.05) is 62.3 Å². The number of ether oxygens (including phenoxy) is 4. The molecule has 7 rings (SSSR count). The molecule has 13 heteroatoms. The van der Waals surface area contributed by atoms with E-state index in [0.29, 0.717) is 52.3 Å². The third kappa shape index (κ3) is 8.60. The van der Waals surface area contributed by atoms with Gasteiger partial charge in [-0.15, -0.1) is 0 Å². The van der Waals surface area contributed by atoms with Crippen LogP contribution in [0.5, 0.6) is 6.01 Å². The van der Waals surface area contributed by atoms with E-state index < -0.39 is 23.8 Å². The average Bonchev–Trinajstić information content (AvgIpc) is 3.18. The van der Waals surface area contributed by atoms with Crippen molar-refractivity contribution in [1.29, 1.82) is 5.26 Å². The lowest BCUT2D eigenvalue weighted by atomic mass is 10.0. The highest BCUT2D eigenvalue weighted by Gasteiger charge is 2.35. The minimum Gasteiger partial charge on any atom is -0.461 e. The lowest BCUT2D eigenvalue weighted by Crippen LogP contribution is -2.55. The van der Waals surface area contributed by atoms with Crippen LogP contribution in [0, 0.1) is 11.3 Å². The molecule has 0 radical (unpaired) electrons. The number of hydrogen-bond donors (Lipinski definition) is 0. The third-order valence-electron chi connectivity index (χ3n) is 9.87. The molecule has 2 saturated heterocycles. The highest BCUT2D eigenvalue weighted by molar-refractivity contribution is 5.94. The molecule has 3 aliphatic heterocycles. The number of amides is 2. The molecule has 1 aromatic heterocycles. The van der Waals surface area contributed by atoms with Crippen molar-refractivity contribution < 1.29 is 28.5 Å². The predicted octanol–water partition coefficient (Wildman–Crippen LogP) is 5.95. The van der Waals surface area contributed by atoms with Crippen LogP contribution in [0.3, 0.4) is 0 Å². The lowest BCUT2D eigenvalue weighted by molar-refractivity contribution is -0.0566. The van der Waals surface area contributed by atoms with Crippen LogP contribution in [-0.2, 0) is 33.8 Å². The molecule has 3 aromatic carbocycles. The van der Waals surface area contributed by atoms with Gasteiger partial charge in [-0.05, 0) is 44.2 Å². The molecule has 54 heavy (non-hydrogen) atoms. The van der Waals surface area contributed by atoms with Gasteiger partial charge in [-0.2, -0.15) is 15.2 Å². The topological polar surface area (TPSA) is 134 Å².